The zero-order valence-corrected chi connectivity index (χ0v) is 10.5. The summed E-state index contributed by atoms with van der Waals surface area (Å²) in [6.45, 7) is 4.52. The van der Waals surface area contributed by atoms with Crippen LogP contribution >= 0.6 is 0 Å². The summed E-state index contributed by atoms with van der Waals surface area (Å²) >= 11 is 0. The third kappa shape index (κ3) is 2.49. The molecular formula is C13H23N3. The van der Waals surface area contributed by atoms with Gasteiger partial charge in [-0.15, -0.1) is 0 Å². The molecular weight excluding hydrogens is 198 g/mol. The van der Waals surface area contributed by atoms with E-state index < -0.39 is 0 Å². The highest BCUT2D eigenvalue weighted by atomic mass is 15.1. The normalized spacial score (nSPS) is 31.9. The summed E-state index contributed by atoms with van der Waals surface area (Å²) in [4.78, 5) is 0. The first-order chi connectivity index (χ1) is 7.55. The minimum absolute atomic E-state index is 0.157. The number of piperidine rings is 1. The Labute approximate surface area is 98.6 Å². The van der Waals surface area contributed by atoms with Crippen LogP contribution in [0.5, 0.6) is 0 Å². The van der Waals surface area contributed by atoms with Crippen LogP contribution in [0.15, 0.2) is 0 Å². The van der Waals surface area contributed by atoms with Crippen LogP contribution in [0.3, 0.4) is 0 Å². The molecule has 1 saturated heterocycles. The Balaban J connectivity index is 2.10. The van der Waals surface area contributed by atoms with E-state index in [9.17, 15) is 0 Å². The highest BCUT2D eigenvalue weighted by Crippen LogP contribution is 2.38. The quantitative estimate of drug-likeness (QED) is 0.527. The van der Waals surface area contributed by atoms with Gasteiger partial charge in [-0.25, -0.2) is 0 Å². The van der Waals surface area contributed by atoms with Crippen molar-refractivity contribution in [1.82, 2.24) is 10.6 Å². The summed E-state index contributed by atoms with van der Waals surface area (Å²) in [7, 11) is 0. The number of nitrogens with zero attached hydrogens (tertiary/aromatic N) is 1. The van der Waals surface area contributed by atoms with E-state index >= 15 is 0 Å². The van der Waals surface area contributed by atoms with Gasteiger partial charge in [0.15, 0.2) is 6.19 Å². The van der Waals surface area contributed by atoms with Gasteiger partial charge in [-0.05, 0) is 39.5 Å². The molecule has 0 radical (unpaired) electrons. The van der Waals surface area contributed by atoms with E-state index in [-0.39, 0.29) is 5.54 Å². The van der Waals surface area contributed by atoms with Crippen LogP contribution in [-0.4, -0.2) is 17.1 Å². The van der Waals surface area contributed by atoms with Crippen molar-refractivity contribution >= 4 is 0 Å². The third-order valence-corrected chi connectivity index (χ3v) is 4.08. The zero-order valence-electron chi connectivity index (χ0n) is 10.5. The molecule has 1 aliphatic carbocycles. The van der Waals surface area contributed by atoms with Gasteiger partial charge in [-0.1, -0.05) is 19.3 Å². The van der Waals surface area contributed by atoms with Gasteiger partial charge in [0.2, 0.25) is 0 Å². The van der Waals surface area contributed by atoms with E-state index in [4.69, 9.17) is 5.26 Å². The lowest BCUT2D eigenvalue weighted by molar-refractivity contribution is 0.0920. The van der Waals surface area contributed by atoms with Gasteiger partial charge in [-0.3, -0.25) is 0 Å². The van der Waals surface area contributed by atoms with Crippen LogP contribution in [0.2, 0.25) is 0 Å². The molecule has 2 rings (SSSR count). The van der Waals surface area contributed by atoms with Crippen molar-refractivity contribution in [3.63, 3.8) is 0 Å². The number of nitrogens with one attached hydrogen (secondary N) is 2. The first-order valence-corrected chi connectivity index (χ1v) is 6.49. The molecule has 1 atom stereocenters. The number of hydrogen-bond donors (Lipinski definition) is 2. The molecule has 2 aliphatic rings. The van der Waals surface area contributed by atoms with Crippen LogP contribution in [0, 0.1) is 11.5 Å². The van der Waals surface area contributed by atoms with Gasteiger partial charge in [0.1, 0.15) is 0 Å². The van der Waals surface area contributed by atoms with Gasteiger partial charge in [0.05, 0.1) is 0 Å². The molecule has 1 heterocycles. The van der Waals surface area contributed by atoms with E-state index in [1.54, 1.807) is 0 Å². The molecule has 1 unspecified atom stereocenters. The van der Waals surface area contributed by atoms with Crippen molar-refractivity contribution in [1.29, 1.82) is 5.26 Å². The first-order valence-electron chi connectivity index (χ1n) is 6.49. The highest BCUT2D eigenvalue weighted by molar-refractivity contribution is 5.05. The van der Waals surface area contributed by atoms with Crippen LogP contribution < -0.4 is 10.6 Å². The minimum Gasteiger partial charge on any atom is -0.321 e. The maximum absolute atomic E-state index is 8.79. The second-order valence-electron chi connectivity index (χ2n) is 6.21. The topological polar surface area (TPSA) is 47.9 Å². The Morgan fingerprint density at radius 2 is 1.88 bits per heavy atom. The van der Waals surface area contributed by atoms with Crippen molar-refractivity contribution in [3.8, 4) is 6.19 Å². The molecule has 3 nitrogen and oxygen atoms in total. The lowest BCUT2D eigenvalue weighted by Gasteiger charge is -2.51. The van der Waals surface area contributed by atoms with Gasteiger partial charge in [0.25, 0.3) is 0 Å². The summed E-state index contributed by atoms with van der Waals surface area (Å²) in [5.41, 5.74) is 0.457. The van der Waals surface area contributed by atoms with E-state index in [2.05, 4.69) is 30.7 Å². The summed E-state index contributed by atoms with van der Waals surface area (Å²) in [6.07, 6.45) is 10.9. The standard InChI is InChI=1S/C13H23N3/c1-12(2)8-11(15-10-14)9-13(16-12)6-4-3-5-7-13/h11,15-16H,3-9H2,1-2H3. The fourth-order valence-corrected chi connectivity index (χ4v) is 3.73. The molecule has 2 N–H and O–H groups in total. The predicted octanol–water partition coefficient (Wildman–Crippen LogP) is 2.29. The molecule has 0 aromatic heterocycles. The smallest absolute Gasteiger partial charge is 0.176 e. The SMILES string of the molecule is CC1(C)CC(NC#N)CC2(CCCCC2)N1. The first kappa shape index (κ1) is 11.7. The second kappa shape index (κ2) is 4.25. The van der Waals surface area contributed by atoms with E-state index in [1.807, 2.05) is 0 Å². The molecule has 1 spiro atoms. The largest absolute Gasteiger partial charge is 0.321 e. The Kier molecular flexibility index (Phi) is 3.12. The van der Waals surface area contributed by atoms with Gasteiger partial charge in [0, 0.05) is 17.1 Å². The Morgan fingerprint density at radius 3 is 2.50 bits per heavy atom. The summed E-state index contributed by atoms with van der Waals surface area (Å²) < 4.78 is 0. The van der Waals surface area contributed by atoms with Crippen molar-refractivity contribution in [2.45, 2.75) is 75.9 Å². The van der Waals surface area contributed by atoms with Crippen LogP contribution in [0.4, 0.5) is 0 Å². The molecule has 0 amide bonds. The Bertz CT molecular complexity index is 284. The van der Waals surface area contributed by atoms with E-state index in [1.165, 1.54) is 32.1 Å². The van der Waals surface area contributed by atoms with Crippen molar-refractivity contribution in [2.75, 3.05) is 0 Å². The van der Waals surface area contributed by atoms with Crippen molar-refractivity contribution < 1.29 is 0 Å². The lowest BCUT2D eigenvalue weighted by Crippen LogP contribution is -2.64. The highest BCUT2D eigenvalue weighted by Gasteiger charge is 2.43. The Morgan fingerprint density at radius 1 is 1.19 bits per heavy atom. The predicted molar refractivity (Wildman–Crippen MR) is 64.8 cm³/mol. The molecule has 0 bridgehead atoms. The molecule has 16 heavy (non-hydrogen) atoms. The number of nitriles is 1. The molecule has 90 valence electrons. The van der Waals surface area contributed by atoms with E-state index in [0.717, 1.165) is 12.8 Å². The molecule has 1 saturated carbocycles. The van der Waals surface area contributed by atoms with E-state index in [0.29, 0.717) is 11.6 Å². The molecule has 2 fully saturated rings. The fourth-order valence-electron chi connectivity index (χ4n) is 3.73. The maximum atomic E-state index is 8.79. The molecule has 0 aromatic rings. The van der Waals surface area contributed by atoms with Gasteiger partial charge < -0.3 is 10.6 Å². The van der Waals surface area contributed by atoms with Crippen molar-refractivity contribution in [3.05, 3.63) is 0 Å². The Hall–Kier alpha value is -0.750. The minimum atomic E-state index is 0.157. The van der Waals surface area contributed by atoms with Gasteiger partial charge in [-0.2, -0.15) is 5.26 Å². The average molecular weight is 221 g/mol. The monoisotopic (exact) mass is 221 g/mol. The summed E-state index contributed by atoms with van der Waals surface area (Å²) in [5.74, 6) is 0. The van der Waals surface area contributed by atoms with Crippen LogP contribution in [-0.2, 0) is 0 Å². The lowest BCUT2D eigenvalue weighted by atomic mass is 9.70. The number of hydrogen-bond acceptors (Lipinski definition) is 3. The second-order valence-corrected chi connectivity index (χ2v) is 6.21. The zero-order chi connectivity index (χ0) is 11.6. The average Bonchev–Trinajstić information content (AvgIpc) is 2.16. The summed E-state index contributed by atoms with van der Waals surface area (Å²) in [6, 6.07) is 0.361. The third-order valence-electron chi connectivity index (χ3n) is 4.08. The van der Waals surface area contributed by atoms with Crippen LogP contribution in [0.25, 0.3) is 0 Å². The fraction of sp³-hybridized carbons (Fsp3) is 0.923. The molecule has 1 aliphatic heterocycles. The summed E-state index contributed by atoms with van der Waals surface area (Å²) in [5, 5.41) is 15.6. The van der Waals surface area contributed by atoms with Crippen molar-refractivity contribution in [2.24, 2.45) is 0 Å². The molecule has 0 aromatic carbocycles. The maximum Gasteiger partial charge on any atom is 0.176 e. The van der Waals surface area contributed by atoms with Crippen LogP contribution in [0.1, 0.15) is 58.8 Å². The molecule has 3 heteroatoms. The number of rotatable bonds is 1. The van der Waals surface area contributed by atoms with Gasteiger partial charge >= 0.3 is 0 Å².